The van der Waals surface area contributed by atoms with E-state index in [0.717, 1.165) is 31.1 Å². The molecule has 1 aliphatic heterocycles. The summed E-state index contributed by atoms with van der Waals surface area (Å²) in [5, 5.41) is 2.79. The van der Waals surface area contributed by atoms with Gasteiger partial charge in [0.15, 0.2) is 17.3 Å². The third-order valence-electron chi connectivity index (χ3n) is 5.21. The molecule has 1 aliphatic rings. The van der Waals surface area contributed by atoms with Gasteiger partial charge >= 0.3 is 0 Å². The lowest BCUT2D eigenvalue weighted by molar-refractivity contribution is 0.102. The highest BCUT2D eigenvalue weighted by atomic mass is 19.2. The number of amides is 1. The Morgan fingerprint density at radius 3 is 2.84 bits per heavy atom. The molecule has 0 saturated carbocycles. The van der Waals surface area contributed by atoms with E-state index in [4.69, 9.17) is 11.5 Å². The van der Waals surface area contributed by atoms with Gasteiger partial charge in [0.05, 0.1) is 29.0 Å². The minimum absolute atomic E-state index is 0.0561. The average molecular weight is 424 g/mol. The van der Waals surface area contributed by atoms with Crippen LogP contribution in [0.5, 0.6) is 0 Å². The lowest BCUT2D eigenvalue weighted by Gasteiger charge is -2.33. The molecule has 7 nitrogen and oxygen atoms in total. The first-order chi connectivity index (χ1) is 14.9. The summed E-state index contributed by atoms with van der Waals surface area (Å²) in [5.74, 6) is -2.62. The van der Waals surface area contributed by atoms with Crippen molar-refractivity contribution in [2.24, 2.45) is 5.73 Å². The van der Waals surface area contributed by atoms with Crippen molar-refractivity contribution in [3.8, 4) is 11.3 Å². The van der Waals surface area contributed by atoms with E-state index in [2.05, 4.69) is 20.2 Å². The van der Waals surface area contributed by atoms with Crippen molar-refractivity contribution in [1.82, 2.24) is 9.97 Å². The molecule has 160 valence electrons. The van der Waals surface area contributed by atoms with Gasteiger partial charge in [-0.15, -0.1) is 0 Å². The summed E-state index contributed by atoms with van der Waals surface area (Å²) in [6.45, 7) is 1.48. The van der Waals surface area contributed by atoms with Gasteiger partial charge in [0, 0.05) is 30.9 Å². The summed E-state index contributed by atoms with van der Waals surface area (Å²) in [6.07, 6.45) is 5.09. The van der Waals surface area contributed by atoms with Gasteiger partial charge in [0.2, 0.25) is 0 Å². The Bertz CT molecular complexity index is 1120. The van der Waals surface area contributed by atoms with Gasteiger partial charge in [-0.3, -0.25) is 9.78 Å². The first kappa shape index (κ1) is 20.7. The van der Waals surface area contributed by atoms with E-state index in [1.54, 1.807) is 12.4 Å². The second kappa shape index (κ2) is 8.65. The number of rotatable bonds is 4. The monoisotopic (exact) mass is 424 g/mol. The minimum Gasteiger partial charge on any atom is -0.397 e. The number of aromatic nitrogens is 2. The van der Waals surface area contributed by atoms with E-state index >= 15 is 0 Å². The Balaban J connectivity index is 1.64. The number of nitrogens with one attached hydrogen (secondary N) is 1. The molecule has 5 N–H and O–H groups in total. The van der Waals surface area contributed by atoms with Crippen LogP contribution in [0.1, 0.15) is 23.3 Å². The van der Waals surface area contributed by atoms with Crippen molar-refractivity contribution >= 4 is 23.0 Å². The Labute approximate surface area is 178 Å². The third-order valence-corrected chi connectivity index (χ3v) is 5.21. The number of pyridine rings is 2. The molecule has 4 rings (SSSR count). The lowest BCUT2D eigenvalue weighted by atomic mass is 10.1. The zero-order valence-electron chi connectivity index (χ0n) is 16.7. The van der Waals surface area contributed by atoms with Gasteiger partial charge in [-0.1, -0.05) is 6.07 Å². The van der Waals surface area contributed by atoms with Crippen molar-refractivity contribution < 1.29 is 13.6 Å². The molecule has 1 saturated heterocycles. The highest BCUT2D eigenvalue weighted by Crippen LogP contribution is 2.29. The minimum atomic E-state index is -1.04. The van der Waals surface area contributed by atoms with E-state index in [-0.39, 0.29) is 28.7 Å². The summed E-state index contributed by atoms with van der Waals surface area (Å²) in [7, 11) is 0. The van der Waals surface area contributed by atoms with Gasteiger partial charge in [-0.2, -0.15) is 0 Å². The quantitative estimate of drug-likeness (QED) is 0.593. The van der Waals surface area contributed by atoms with E-state index in [0.29, 0.717) is 12.2 Å². The number of nitrogens with two attached hydrogens (primary N) is 2. The van der Waals surface area contributed by atoms with E-state index in [9.17, 15) is 13.6 Å². The predicted octanol–water partition coefficient (Wildman–Crippen LogP) is 3.18. The average Bonchev–Trinajstić information content (AvgIpc) is 2.76. The van der Waals surface area contributed by atoms with Gasteiger partial charge in [-0.25, -0.2) is 13.8 Å². The number of piperidine rings is 1. The number of hydrogen-bond acceptors (Lipinski definition) is 6. The third kappa shape index (κ3) is 4.31. The number of hydrogen-bond donors (Lipinski definition) is 3. The summed E-state index contributed by atoms with van der Waals surface area (Å²) in [5.41, 5.74) is 13.4. The fourth-order valence-corrected chi connectivity index (χ4v) is 3.67. The molecule has 0 spiro atoms. The zero-order valence-corrected chi connectivity index (χ0v) is 16.7. The SMILES string of the molecule is Nc1ccc(-c2cccc(F)c2F)nc1C(=O)Nc1cnccc1N1CCC[C@H](N)C1. The molecule has 1 aromatic carbocycles. The molecule has 1 fully saturated rings. The molecule has 0 unspecified atom stereocenters. The molecule has 3 heterocycles. The summed E-state index contributed by atoms with van der Waals surface area (Å²) >= 11 is 0. The van der Waals surface area contributed by atoms with Crippen molar-refractivity contribution in [3.63, 3.8) is 0 Å². The van der Waals surface area contributed by atoms with E-state index in [1.807, 2.05) is 6.07 Å². The standard InChI is InChI=1S/C22H22F2N6O/c23-15-5-1-4-14(20(15)24)17-7-6-16(26)21(28-17)22(31)29-18-11-27-9-8-19(18)30-10-2-3-13(25)12-30/h1,4-9,11,13H,2-3,10,12,25-26H2,(H,29,31)/t13-/m0/s1. The highest BCUT2D eigenvalue weighted by Gasteiger charge is 2.22. The van der Waals surface area contributed by atoms with Gasteiger partial charge in [-0.05, 0) is 43.2 Å². The number of nitrogens with zero attached hydrogens (tertiary/aromatic N) is 3. The first-order valence-corrected chi connectivity index (χ1v) is 9.91. The number of nitrogen functional groups attached to an aromatic ring is 1. The summed E-state index contributed by atoms with van der Waals surface area (Å²) in [6, 6.07) is 8.52. The van der Waals surface area contributed by atoms with Crippen LogP contribution in [0.4, 0.5) is 25.8 Å². The van der Waals surface area contributed by atoms with Crippen LogP contribution in [0, 0.1) is 11.6 Å². The van der Waals surface area contributed by atoms with Crippen molar-refractivity contribution in [3.05, 3.63) is 66.1 Å². The second-order valence-corrected chi connectivity index (χ2v) is 7.43. The molecular weight excluding hydrogens is 402 g/mol. The van der Waals surface area contributed by atoms with Crippen LogP contribution in [-0.4, -0.2) is 35.0 Å². The number of halogens is 2. The molecule has 0 radical (unpaired) electrons. The molecule has 9 heteroatoms. The van der Waals surface area contributed by atoms with Crippen molar-refractivity contribution in [1.29, 1.82) is 0 Å². The van der Waals surface area contributed by atoms with Crippen LogP contribution in [0.3, 0.4) is 0 Å². The van der Waals surface area contributed by atoms with E-state index in [1.165, 1.54) is 24.3 Å². The number of anilines is 3. The number of carbonyl (C=O) groups is 1. The topological polar surface area (TPSA) is 110 Å². The van der Waals surface area contributed by atoms with Crippen LogP contribution in [0.25, 0.3) is 11.3 Å². The molecule has 0 bridgehead atoms. The molecule has 31 heavy (non-hydrogen) atoms. The lowest BCUT2D eigenvalue weighted by Crippen LogP contribution is -2.43. The molecule has 3 aromatic rings. The zero-order chi connectivity index (χ0) is 22.0. The molecule has 1 atom stereocenters. The van der Waals surface area contributed by atoms with Crippen LogP contribution >= 0.6 is 0 Å². The molecule has 0 aliphatic carbocycles. The van der Waals surface area contributed by atoms with Crippen molar-refractivity contribution in [2.45, 2.75) is 18.9 Å². The van der Waals surface area contributed by atoms with E-state index < -0.39 is 17.5 Å². The summed E-state index contributed by atoms with van der Waals surface area (Å²) < 4.78 is 27.8. The maximum atomic E-state index is 14.2. The number of carbonyl (C=O) groups excluding carboxylic acids is 1. The Morgan fingerprint density at radius 1 is 1.19 bits per heavy atom. The first-order valence-electron chi connectivity index (χ1n) is 9.91. The van der Waals surface area contributed by atoms with Gasteiger partial charge < -0.3 is 21.7 Å². The van der Waals surface area contributed by atoms with Crippen LogP contribution in [-0.2, 0) is 0 Å². The Hall–Kier alpha value is -3.59. The van der Waals surface area contributed by atoms with Gasteiger partial charge in [0.25, 0.3) is 5.91 Å². The fourth-order valence-electron chi connectivity index (χ4n) is 3.67. The predicted molar refractivity (Wildman–Crippen MR) is 116 cm³/mol. The van der Waals surface area contributed by atoms with Crippen LogP contribution in [0.2, 0.25) is 0 Å². The fraction of sp³-hybridized carbons (Fsp3) is 0.227. The summed E-state index contributed by atoms with van der Waals surface area (Å²) in [4.78, 5) is 23.4. The molecule has 2 aromatic heterocycles. The number of benzene rings is 1. The van der Waals surface area contributed by atoms with Crippen molar-refractivity contribution in [2.75, 3.05) is 29.0 Å². The Kier molecular flexibility index (Phi) is 5.77. The Morgan fingerprint density at radius 2 is 2.03 bits per heavy atom. The van der Waals surface area contributed by atoms with Crippen LogP contribution < -0.4 is 21.7 Å². The highest BCUT2D eigenvalue weighted by molar-refractivity contribution is 6.07. The normalized spacial score (nSPS) is 16.2. The second-order valence-electron chi connectivity index (χ2n) is 7.43. The van der Waals surface area contributed by atoms with Gasteiger partial charge in [0.1, 0.15) is 0 Å². The smallest absolute Gasteiger partial charge is 0.276 e. The maximum absolute atomic E-state index is 14.2. The molecule has 1 amide bonds. The largest absolute Gasteiger partial charge is 0.397 e. The maximum Gasteiger partial charge on any atom is 0.276 e. The van der Waals surface area contributed by atoms with Crippen LogP contribution in [0.15, 0.2) is 48.8 Å². The molecular formula is C22H22F2N6O.